The molecule has 220 valence electrons. The molecule has 3 atom stereocenters. The summed E-state index contributed by atoms with van der Waals surface area (Å²) in [7, 11) is -0.669. The van der Waals surface area contributed by atoms with Gasteiger partial charge in [0.15, 0.2) is 5.82 Å². The van der Waals surface area contributed by atoms with E-state index in [1.54, 1.807) is 7.05 Å². The Morgan fingerprint density at radius 2 is 1.70 bits per heavy atom. The zero-order valence-corrected chi connectivity index (χ0v) is 27.9. The molecule has 1 N–H and O–H groups in total. The van der Waals surface area contributed by atoms with Crippen LogP contribution >= 0.6 is 0 Å². The predicted octanol–water partition coefficient (Wildman–Crippen LogP) is 7.08. The first-order valence-electron chi connectivity index (χ1n) is 14.8. The topological polar surface area (TPSA) is 66.1 Å². The lowest BCUT2D eigenvalue weighted by Gasteiger charge is -2.21. The van der Waals surface area contributed by atoms with Crippen molar-refractivity contribution >= 4 is 32.9 Å². The molecule has 1 saturated carbocycles. The van der Waals surface area contributed by atoms with Crippen LogP contribution < -0.4 is 5.32 Å². The van der Waals surface area contributed by atoms with E-state index >= 15 is 0 Å². The number of fused-ring (bicyclic) bond motifs is 3. The number of hydrogen-bond acceptors (Lipinski definition) is 5. The monoisotopic (exact) mass is 585 g/mol. The first kappa shape index (κ1) is 29.5. The van der Waals surface area contributed by atoms with Crippen molar-refractivity contribution in [3.8, 4) is 11.5 Å². The molecule has 7 nitrogen and oxygen atoms in total. The summed E-state index contributed by atoms with van der Waals surface area (Å²) in [6.45, 7) is 21.2. The van der Waals surface area contributed by atoms with Crippen molar-refractivity contribution in [3.05, 3.63) is 29.2 Å². The molecule has 40 heavy (non-hydrogen) atoms. The summed E-state index contributed by atoms with van der Waals surface area (Å²) < 4.78 is 31.4. The lowest BCUT2D eigenvalue weighted by molar-refractivity contribution is 0.0755. The van der Waals surface area contributed by atoms with Crippen molar-refractivity contribution in [1.82, 2.24) is 19.3 Å². The summed E-state index contributed by atoms with van der Waals surface area (Å²) in [6.07, 6.45) is 2.00. The number of nitrogens with zero attached hydrogens (tertiary/aromatic N) is 4. The van der Waals surface area contributed by atoms with Gasteiger partial charge in [0.25, 0.3) is 0 Å². The number of ether oxygens (including phenoxy) is 2. The highest BCUT2D eigenvalue weighted by Gasteiger charge is 2.61. The van der Waals surface area contributed by atoms with Crippen molar-refractivity contribution in [2.45, 2.75) is 91.5 Å². The van der Waals surface area contributed by atoms with E-state index < -0.39 is 16.1 Å². The maximum atomic E-state index is 14.8. The minimum atomic E-state index is -1.23. The van der Waals surface area contributed by atoms with E-state index in [1.807, 2.05) is 6.07 Å². The zero-order chi connectivity index (χ0) is 29.0. The van der Waals surface area contributed by atoms with Crippen LogP contribution in [0, 0.1) is 23.1 Å². The molecule has 0 bridgehead atoms. The molecule has 1 aromatic carbocycles. The minimum absolute atomic E-state index is 0.309. The molecule has 5 rings (SSSR count). The average molecular weight is 586 g/mol. The van der Waals surface area contributed by atoms with Gasteiger partial charge in [0.2, 0.25) is 0 Å². The van der Waals surface area contributed by atoms with Crippen molar-refractivity contribution in [2.75, 3.05) is 25.6 Å². The molecule has 10 heteroatoms. The lowest BCUT2D eigenvalue weighted by Crippen LogP contribution is -2.23. The number of hydrogen-bond donors (Lipinski definition) is 1. The molecule has 0 spiro atoms. The fraction of sp³-hybridized carbons (Fsp3) is 0.667. The van der Waals surface area contributed by atoms with Gasteiger partial charge in [-0.25, -0.2) is 14.1 Å². The van der Waals surface area contributed by atoms with Crippen molar-refractivity contribution < 1.29 is 13.9 Å². The molecule has 2 aliphatic carbocycles. The van der Waals surface area contributed by atoms with Gasteiger partial charge in [-0.2, -0.15) is 5.10 Å². The Balaban J connectivity index is 1.54. The Labute approximate surface area is 240 Å². The number of imidazole rings is 1. The van der Waals surface area contributed by atoms with E-state index in [2.05, 4.69) is 67.7 Å². The average Bonchev–Trinajstić information content (AvgIpc) is 3.12. The molecule has 0 amide bonds. The standard InChI is InChI=1S/C30H48FN5O2Si2/c1-20-22-14-21-27(17-30(20,22)2)36(19-38-11-13-40(7,8)9)34-28(21)29-33-25-15-23(31)24(32-3)16-26(25)35(29)18-37-10-12-39(4,5)6/h15-16,20,22,32H,10-14,17-19H2,1-9H3/t20-,22+,30-/m0/s1. The van der Waals surface area contributed by atoms with E-state index in [-0.39, 0.29) is 5.82 Å². The number of halogens is 1. The van der Waals surface area contributed by atoms with Crippen LogP contribution in [0.15, 0.2) is 12.1 Å². The molecular weight excluding hydrogens is 538 g/mol. The van der Waals surface area contributed by atoms with Crippen LogP contribution in [0.2, 0.25) is 51.4 Å². The van der Waals surface area contributed by atoms with Crippen molar-refractivity contribution in [2.24, 2.45) is 17.3 Å². The lowest BCUT2D eigenvalue weighted by atomic mass is 9.87. The highest BCUT2D eigenvalue weighted by atomic mass is 28.3. The highest BCUT2D eigenvalue weighted by Crippen LogP contribution is 2.64. The van der Waals surface area contributed by atoms with Crippen LogP contribution in [0.25, 0.3) is 22.6 Å². The van der Waals surface area contributed by atoms with Gasteiger partial charge in [0.05, 0.1) is 16.7 Å². The molecular formula is C30H48FN5O2Si2. The zero-order valence-electron chi connectivity index (χ0n) is 25.9. The largest absolute Gasteiger partial charge is 0.386 e. The second-order valence-corrected chi connectivity index (χ2v) is 25.9. The van der Waals surface area contributed by atoms with Crippen molar-refractivity contribution in [3.63, 3.8) is 0 Å². The summed E-state index contributed by atoms with van der Waals surface area (Å²) >= 11 is 0. The van der Waals surface area contributed by atoms with Crippen LogP contribution in [0.5, 0.6) is 0 Å². The number of rotatable bonds is 12. The van der Waals surface area contributed by atoms with Gasteiger partial charge in [-0.05, 0) is 48.2 Å². The second-order valence-electron chi connectivity index (χ2n) is 14.7. The van der Waals surface area contributed by atoms with Gasteiger partial charge in [-0.3, -0.25) is 4.57 Å². The summed E-state index contributed by atoms with van der Waals surface area (Å²) in [5.41, 5.74) is 5.68. The van der Waals surface area contributed by atoms with E-state index in [0.717, 1.165) is 48.6 Å². The second kappa shape index (κ2) is 10.7. The third-order valence-corrected chi connectivity index (χ3v) is 12.7. The maximum absolute atomic E-state index is 14.8. The van der Waals surface area contributed by atoms with Crippen LogP contribution in [-0.2, 0) is 35.8 Å². The van der Waals surface area contributed by atoms with Crippen LogP contribution in [0.3, 0.4) is 0 Å². The van der Waals surface area contributed by atoms with E-state index in [4.69, 9.17) is 19.6 Å². The number of benzene rings is 1. The molecule has 1 fully saturated rings. The number of aromatic nitrogens is 4. The third-order valence-electron chi connectivity index (χ3n) is 9.27. The van der Waals surface area contributed by atoms with Crippen LogP contribution in [-0.4, -0.2) is 55.7 Å². The number of nitrogens with one attached hydrogen (secondary N) is 1. The fourth-order valence-electron chi connectivity index (χ4n) is 6.14. The van der Waals surface area contributed by atoms with Gasteiger partial charge in [-0.15, -0.1) is 0 Å². The summed E-state index contributed by atoms with van der Waals surface area (Å²) in [4.78, 5) is 4.98. The minimum Gasteiger partial charge on any atom is -0.386 e. The first-order valence-corrected chi connectivity index (χ1v) is 22.3. The summed E-state index contributed by atoms with van der Waals surface area (Å²) in [5, 5.41) is 8.14. The molecule has 0 radical (unpaired) electrons. The molecule has 0 unspecified atom stereocenters. The van der Waals surface area contributed by atoms with Crippen molar-refractivity contribution in [1.29, 1.82) is 0 Å². The Kier molecular flexibility index (Phi) is 7.86. The van der Waals surface area contributed by atoms with Crippen LogP contribution in [0.1, 0.15) is 25.1 Å². The van der Waals surface area contributed by atoms with Gasteiger partial charge in [0.1, 0.15) is 25.0 Å². The molecule has 2 aliphatic rings. The molecule has 2 heterocycles. The summed E-state index contributed by atoms with van der Waals surface area (Å²) in [5.74, 6) is 1.79. The normalized spacial score (nSPS) is 22.4. The van der Waals surface area contributed by atoms with E-state index in [9.17, 15) is 4.39 Å². The van der Waals surface area contributed by atoms with Gasteiger partial charge < -0.3 is 14.8 Å². The molecule has 2 aromatic heterocycles. The Morgan fingerprint density at radius 1 is 1.05 bits per heavy atom. The quantitative estimate of drug-likeness (QED) is 0.182. The summed E-state index contributed by atoms with van der Waals surface area (Å²) in [6, 6.07) is 5.57. The third kappa shape index (κ3) is 5.82. The Hall–Kier alpha value is -2.02. The van der Waals surface area contributed by atoms with Gasteiger partial charge in [-0.1, -0.05) is 53.1 Å². The highest BCUT2D eigenvalue weighted by molar-refractivity contribution is 6.76. The maximum Gasteiger partial charge on any atom is 0.163 e. The molecule has 0 aliphatic heterocycles. The SMILES string of the molecule is CNc1cc2c(cc1F)nc(-c1nn(COCC[Si](C)(C)C)c3c1C[C@@H]1[C@H](C)[C@]1(C)C3)n2COCC[Si](C)(C)C. The van der Waals surface area contributed by atoms with Gasteiger partial charge in [0, 0.05) is 53.7 Å². The first-order chi connectivity index (χ1) is 18.7. The van der Waals surface area contributed by atoms with Crippen LogP contribution in [0.4, 0.5) is 10.1 Å². The Morgan fingerprint density at radius 3 is 2.33 bits per heavy atom. The number of anilines is 1. The van der Waals surface area contributed by atoms with Gasteiger partial charge >= 0.3 is 0 Å². The smallest absolute Gasteiger partial charge is 0.163 e. The van der Waals surface area contributed by atoms with E-state index in [0.29, 0.717) is 48.5 Å². The molecule has 0 saturated heterocycles. The Bertz CT molecular complexity index is 1390. The fourth-order valence-corrected chi connectivity index (χ4v) is 7.65. The van der Waals surface area contributed by atoms with E-state index in [1.165, 1.54) is 17.3 Å². The molecule has 3 aromatic rings. The predicted molar refractivity (Wildman–Crippen MR) is 167 cm³/mol.